The smallest absolute Gasteiger partial charge is 0.406 e. The molecule has 98 valence electrons. The van der Waals surface area contributed by atoms with Crippen LogP contribution in [0.5, 0.6) is 5.75 Å². The van der Waals surface area contributed by atoms with Crippen LogP contribution in [0.25, 0.3) is 0 Å². The minimum absolute atomic E-state index is 0.258. The van der Waals surface area contributed by atoms with Crippen LogP contribution in [-0.2, 0) is 0 Å². The van der Waals surface area contributed by atoms with Gasteiger partial charge in [-0.2, -0.15) is 0 Å². The average molecular weight is 258 g/mol. The molecule has 0 aliphatic carbocycles. The van der Waals surface area contributed by atoms with Gasteiger partial charge in [0, 0.05) is 24.6 Å². The van der Waals surface area contributed by atoms with E-state index < -0.39 is 6.36 Å². The van der Waals surface area contributed by atoms with Crippen molar-refractivity contribution in [3.63, 3.8) is 0 Å². The first-order valence-corrected chi connectivity index (χ1v) is 4.99. The normalized spacial score (nSPS) is 11.6. The fourth-order valence-corrected chi connectivity index (χ4v) is 1.18. The van der Waals surface area contributed by atoms with Crippen molar-refractivity contribution in [2.24, 2.45) is 5.73 Å². The van der Waals surface area contributed by atoms with Crippen LogP contribution < -0.4 is 15.4 Å². The SMILES string of the molecule is C=C(N)/C=C\N(C)c1ccc(OC(F)(F)F)cc1. The first kappa shape index (κ1) is 14.0. The van der Waals surface area contributed by atoms with Gasteiger partial charge in [-0.3, -0.25) is 0 Å². The van der Waals surface area contributed by atoms with Gasteiger partial charge in [-0.1, -0.05) is 6.58 Å². The van der Waals surface area contributed by atoms with Crippen LogP contribution in [0.15, 0.2) is 48.8 Å². The van der Waals surface area contributed by atoms with E-state index in [-0.39, 0.29) is 5.75 Å². The molecule has 0 fully saturated rings. The minimum atomic E-state index is -4.68. The molecule has 1 aromatic rings. The van der Waals surface area contributed by atoms with Gasteiger partial charge in [0.25, 0.3) is 0 Å². The third kappa shape index (κ3) is 4.82. The van der Waals surface area contributed by atoms with Crippen molar-refractivity contribution in [3.05, 3.63) is 48.8 Å². The number of halogens is 3. The Labute approximate surface area is 103 Å². The van der Waals surface area contributed by atoms with Gasteiger partial charge >= 0.3 is 6.36 Å². The van der Waals surface area contributed by atoms with Gasteiger partial charge in [-0.15, -0.1) is 13.2 Å². The topological polar surface area (TPSA) is 38.5 Å². The minimum Gasteiger partial charge on any atom is -0.406 e. The average Bonchev–Trinajstić information content (AvgIpc) is 2.24. The van der Waals surface area contributed by atoms with Gasteiger partial charge in [0.15, 0.2) is 0 Å². The Bertz CT molecular complexity index is 438. The number of nitrogens with two attached hydrogens (primary N) is 1. The third-order valence-electron chi connectivity index (χ3n) is 1.99. The number of hydrogen-bond donors (Lipinski definition) is 1. The fraction of sp³-hybridized carbons (Fsp3) is 0.167. The van der Waals surface area contributed by atoms with Gasteiger partial charge in [0.2, 0.25) is 0 Å². The number of nitrogens with zero attached hydrogens (tertiary/aromatic N) is 1. The summed E-state index contributed by atoms with van der Waals surface area (Å²) in [5.74, 6) is -0.258. The summed E-state index contributed by atoms with van der Waals surface area (Å²) in [4.78, 5) is 1.69. The van der Waals surface area contributed by atoms with E-state index in [0.29, 0.717) is 11.4 Å². The molecule has 0 heterocycles. The highest BCUT2D eigenvalue weighted by molar-refractivity contribution is 5.51. The molecule has 0 aliphatic rings. The second-order valence-corrected chi connectivity index (χ2v) is 3.54. The molecule has 0 aliphatic heterocycles. The van der Waals surface area contributed by atoms with E-state index in [0.717, 1.165) is 0 Å². The van der Waals surface area contributed by atoms with E-state index in [9.17, 15) is 13.2 Å². The molecule has 1 aromatic carbocycles. The maximum atomic E-state index is 11.9. The second-order valence-electron chi connectivity index (χ2n) is 3.54. The third-order valence-corrected chi connectivity index (χ3v) is 1.99. The Morgan fingerprint density at radius 2 is 1.89 bits per heavy atom. The lowest BCUT2D eigenvalue weighted by Crippen LogP contribution is -2.17. The van der Waals surface area contributed by atoms with Crippen molar-refractivity contribution in [1.29, 1.82) is 0 Å². The summed E-state index contributed by atoms with van der Waals surface area (Å²) in [7, 11) is 1.74. The maximum absolute atomic E-state index is 11.9. The Morgan fingerprint density at radius 3 is 2.33 bits per heavy atom. The molecule has 2 N–H and O–H groups in total. The van der Waals surface area contributed by atoms with E-state index in [1.807, 2.05) is 0 Å². The summed E-state index contributed by atoms with van der Waals surface area (Å²) in [5.41, 5.74) is 6.44. The number of allylic oxidation sites excluding steroid dienone is 1. The van der Waals surface area contributed by atoms with Crippen LogP contribution in [0.4, 0.5) is 18.9 Å². The molecule has 6 heteroatoms. The molecule has 18 heavy (non-hydrogen) atoms. The first-order valence-electron chi connectivity index (χ1n) is 4.99. The summed E-state index contributed by atoms with van der Waals surface area (Å²) in [6, 6.07) is 5.49. The molecule has 0 radical (unpaired) electrons. The molecule has 0 saturated carbocycles. The standard InChI is InChI=1S/C12H13F3N2O/c1-9(16)7-8-17(2)10-3-5-11(6-4-10)18-12(13,14)15/h3-8H,1,16H2,2H3/b8-7-. The molecule has 0 aromatic heterocycles. The van der Waals surface area contributed by atoms with Crippen molar-refractivity contribution >= 4 is 5.69 Å². The maximum Gasteiger partial charge on any atom is 0.573 e. The number of anilines is 1. The number of alkyl halides is 3. The Kier molecular flexibility index (Phi) is 4.25. The van der Waals surface area contributed by atoms with Crippen LogP contribution in [-0.4, -0.2) is 13.4 Å². The lowest BCUT2D eigenvalue weighted by atomic mass is 10.3. The molecule has 0 saturated heterocycles. The zero-order valence-corrected chi connectivity index (χ0v) is 9.74. The van der Waals surface area contributed by atoms with Crippen LogP contribution in [0, 0.1) is 0 Å². The van der Waals surface area contributed by atoms with E-state index in [1.54, 1.807) is 24.2 Å². The molecule has 0 amide bonds. The predicted octanol–water partition coefficient (Wildman–Crippen LogP) is 3.01. The molecule has 0 unspecified atom stereocenters. The zero-order chi connectivity index (χ0) is 13.8. The lowest BCUT2D eigenvalue weighted by Gasteiger charge is -2.15. The molecule has 3 nitrogen and oxygen atoms in total. The Balaban J connectivity index is 2.73. The number of ether oxygens (including phenoxy) is 1. The van der Waals surface area contributed by atoms with Crippen LogP contribution in [0.2, 0.25) is 0 Å². The summed E-state index contributed by atoms with van der Waals surface area (Å²) in [6.45, 7) is 3.49. The number of rotatable bonds is 4. The molecule has 0 atom stereocenters. The lowest BCUT2D eigenvalue weighted by molar-refractivity contribution is -0.274. The summed E-state index contributed by atoms with van der Waals surface area (Å²) >= 11 is 0. The first-order chi connectivity index (χ1) is 8.28. The second kappa shape index (κ2) is 5.48. The van der Waals surface area contributed by atoms with Gasteiger partial charge in [0.05, 0.1) is 0 Å². The highest BCUT2D eigenvalue weighted by Gasteiger charge is 2.30. The number of benzene rings is 1. The van der Waals surface area contributed by atoms with Gasteiger partial charge in [-0.05, 0) is 30.3 Å². The monoisotopic (exact) mass is 258 g/mol. The van der Waals surface area contributed by atoms with E-state index in [4.69, 9.17) is 5.73 Å². The summed E-state index contributed by atoms with van der Waals surface area (Å²) < 4.78 is 39.6. The Hall–Kier alpha value is -2.11. The molecular formula is C12H13F3N2O. The largest absolute Gasteiger partial charge is 0.573 e. The van der Waals surface area contributed by atoms with Gasteiger partial charge in [-0.25, -0.2) is 0 Å². The summed E-state index contributed by atoms with van der Waals surface area (Å²) in [5, 5.41) is 0. The van der Waals surface area contributed by atoms with Crippen molar-refractivity contribution in [3.8, 4) is 5.75 Å². The molecule has 1 rings (SSSR count). The zero-order valence-electron chi connectivity index (χ0n) is 9.74. The van der Waals surface area contributed by atoms with E-state index in [1.165, 1.54) is 24.3 Å². The highest BCUT2D eigenvalue weighted by Crippen LogP contribution is 2.25. The Morgan fingerprint density at radius 1 is 1.33 bits per heavy atom. The fourth-order valence-electron chi connectivity index (χ4n) is 1.18. The van der Waals surface area contributed by atoms with Crippen molar-refractivity contribution in [1.82, 2.24) is 0 Å². The van der Waals surface area contributed by atoms with Crippen LogP contribution in [0.3, 0.4) is 0 Å². The molecule has 0 bridgehead atoms. The van der Waals surface area contributed by atoms with Crippen LogP contribution in [0.1, 0.15) is 0 Å². The van der Waals surface area contributed by atoms with Gasteiger partial charge < -0.3 is 15.4 Å². The number of hydrogen-bond acceptors (Lipinski definition) is 3. The van der Waals surface area contributed by atoms with Crippen molar-refractivity contribution in [2.45, 2.75) is 6.36 Å². The van der Waals surface area contributed by atoms with Crippen molar-refractivity contribution in [2.75, 3.05) is 11.9 Å². The van der Waals surface area contributed by atoms with E-state index >= 15 is 0 Å². The van der Waals surface area contributed by atoms with Gasteiger partial charge in [0.1, 0.15) is 5.75 Å². The predicted molar refractivity (Wildman–Crippen MR) is 64.0 cm³/mol. The molecule has 0 spiro atoms. The highest BCUT2D eigenvalue weighted by atomic mass is 19.4. The summed E-state index contributed by atoms with van der Waals surface area (Å²) in [6.07, 6.45) is -1.44. The van der Waals surface area contributed by atoms with E-state index in [2.05, 4.69) is 11.3 Å². The molecular weight excluding hydrogens is 245 g/mol. The van der Waals surface area contributed by atoms with Crippen LogP contribution >= 0.6 is 0 Å². The van der Waals surface area contributed by atoms with Crippen molar-refractivity contribution < 1.29 is 17.9 Å². The quantitative estimate of drug-likeness (QED) is 0.844.